The fraction of sp³-hybridized carbons (Fsp3) is 0.926. The van der Waals surface area contributed by atoms with E-state index in [2.05, 4.69) is 26.9 Å². The van der Waals surface area contributed by atoms with Gasteiger partial charge in [0.2, 0.25) is 0 Å². The highest BCUT2D eigenvalue weighted by atomic mass is 28.4. The Kier molecular flexibility index (Phi) is 62.6. The van der Waals surface area contributed by atoms with Crippen LogP contribution in [0.3, 0.4) is 0 Å². The third-order valence-corrected chi connectivity index (χ3v) is 22.6. The van der Waals surface area contributed by atoms with E-state index in [1.54, 1.807) is 0 Å². The van der Waals surface area contributed by atoms with Crippen LogP contribution in [0.1, 0.15) is 280 Å². The minimum atomic E-state index is -2.02. The number of unbranched alkanes of at least 4 members (excludes halogenated alkanes) is 32. The zero-order valence-electron chi connectivity index (χ0n) is 42.0. The summed E-state index contributed by atoms with van der Waals surface area (Å²) in [5.41, 5.74) is 0. The second kappa shape index (κ2) is 56.4. The second-order valence-electron chi connectivity index (χ2n) is 19.4. The Morgan fingerprint density at radius 3 is 0.862 bits per heavy atom. The van der Waals surface area contributed by atoms with Gasteiger partial charge in [-0.15, -0.1) is 0 Å². The molecule has 0 aliphatic rings. The van der Waals surface area contributed by atoms with E-state index >= 15 is 0 Å². The SMILES string of the molecule is C.C.CCCCCCCCCCCCCCCCCC[Si](C)(CCCCCC(=O)O)O[Si](C)(CCCCCCCCCCCCCCCCCC)CCCC(C)C(=O)O.O=C=O.O=C=O. The van der Waals surface area contributed by atoms with E-state index in [0.29, 0.717) is 0 Å². The molecular formula is C54H110O9Si2. The molecule has 3 atom stereocenters. The highest BCUT2D eigenvalue weighted by molar-refractivity contribution is 6.86. The molecule has 0 aliphatic carbocycles. The van der Waals surface area contributed by atoms with Crippen LogP contribution < -0.4 is 0 Å². The van der Waals surface area contributed by atoms with Crippen LogP contribution in [0.4, 0.5) is 0 Å². The van der Waals surface area contributed by atoms with E-state index < -0.39 is 28.6 Å². The van der Waals surface area contributed by atoms with Gasteiger partial charge in [-0.1, -0.05) is 260 Å². The maximum atomic E-state index is 11.6. The highest BCUT2D eigenvalue weighted by Crippen LogP contribution is 2.34. The maximum absolute atomic E-state index is 11.6. The number of rotatable bonds is 47. The molecule has 2 N–H and O–H groups in total. The van der Waals surface area contributed by atoms with Gasteiger partial charge in [-0.05, 0) is 50.1 Å². The number of carboxylic acid groups (broad SMARTS) is 2. The average Bonchev–Trinajstić information content (AvgIpc) is 3.23. The minimum absolute atomic E-state index is 0. The lowest BCUT2D eigenvalue weighted by Gasteiger charge is -2.39. The number of carbonyl (C=O) groups excluding carboxylic acids is 4. The van der Waals surface area contributed by atoms with E-state index in [4.69, 9.17) is 23.3 Å². The third-order valence-electron chi connectivity index (χ3n) is 13.0. The molecule has 0 radical (unpaired) electrons. The van der Waals surface area contributed by atoms with Crippen molar-refractivity contribution in [1.29, 1.82) is 0 Å². The average molecular weight is 960 g/mol. The first kappa shape index (κ1) is 72.1. The van der Waals surface area contributed by atoms with E-state index in [0.717, 1.165) is 44.2 Å². The van der Waals surface area contributed by atoms with Crippen LogP contribution in [0.2, 0.25) is 37.3 Å². The molecular weight excluding hydrogens is 849 g/mol. The molecule has 0 rings (SSSR count). The first-order valence-electron chi connectivity index (χ1n) is 26.5. The topological polar surface area (TPSA) is 152 Å². The molecule has 0 bridgehead atoms. The van der Waals surface area contributed by atoms with Crippen molar-refractivity contribution < 1.29 is 43.1 Å². The van der Waals surface area contributed by atoms with Crippen molar-refractivity contribution in [3.05, 3.63) is 0 Å². The van der Waals surface area contributed by atoms with E-state index in [9.17, 15) is 19.8 Å². The Labute approximate surface area is 405 Å². The fourth-order valence-electron chi connectivity index (χ4n) is 9.00. The van der Waals surface area contributed by atoms with E-state index in [1.807, 2.05) is 6.92 Å². The molecule has 11 heteroatoms. The zero-order valence-corrected chi connectivity index (χ0v) is 44.0. The normalized spacial score (nSPS) is 12.9. The molecule has 0 aromatic rings. The molecule has 3 unspecified atom stereocenters. The van der Waals surface area contributed by atoms with Gasteiger partial charge in [0.25, 0.3) is 0 Å². The summed E-state index contributed by atoms with van der Waals surface area (Å²) in [6, 6.07) is 4.63. The van der Waals surface area contributed by atoms with E-state index in [1.165, 1.54) is 218 Å². The Morgan fingerprint density at radius 2 is 0.631 bits per heavy atom. The largest absolute Gasteiger partial charge is 0.481 e. The zero-order chi connectivity index (χ0) is 47.6. The van der Waals surface area contributed by atoms with Gasteiger partial charge in [-0.3, -0.25) is 9.59 Å². The molecule has 0 aromatic heterocycles. The molecule has 0 amide bonds. The van der Waals surface area contributed by atoms with Crippen LogP contribution in [0.15, 0.2) is 0 Å². The molecule has 388 valence electrons. The Bertz CT molecular complexity index is 1050. The van der Waals surface area contributed by atoms with Gasteiger partial charge < -0.3 is 14.3 Å². The predicted octanol–water partition coefficient (Wildman–Crippen LogP) is 17.9. The number of aliphatic carboxylic acids is 2. The summed E-state index contributed by atoms with van der Waals surface area (Å²) in [5, 5.41) is 18.7. The van der Waals surface area contributed by atoms with Gasteiger partial charge in [0.15, 0.2) is 16.6 Å². The van der Waals surface area contributed by atoms with Gasteiger partial charge in [-0.25, -0.2) is 0 Å². The lowest BCUT2D eigenvalue weighted by atomic mass is 10.0. The predicted molar refractivity (Wildman–Crippen MR) is 278 cm³/mol. The monoisotopic (exact) mass is 959 g/mol. The highest BCUT2D eigenvalue weighted by Gasteiger charge is 2.38. The van der Waals surface area contributed by atoms with Crippen LogP contribution >= 0.6 is 0 Å². The van der Waals surface area contributed by atoms with Crippen LogP contribution in [0, 0.1) is 5.92 Å². The summed E-state index contributed by atoms with van der Waals surface area (Å²) in [4.78, 5) is 55.3. The van der Waals surface area contributed by atoms with Gasteiger partial charge >= 0.3 is 24.2 Å². The van der Waals surface area contributed by atoms with Gasteiger partial charge in [-0.2, -0.15) is 19.2 Å². The van der Waals surface area contributed by atoms with Crippen molar-refractivity contribution in [2.24, 2.45) is 5.92 Å². The van der Waals surface area contributed by atoms with Gasteiger partial charge in [0, 0.05) is 6.42 Å². The number of hydrogen-bond donors (Lipinski definition) is 2. The Morgan fingerprint density at radius 1 is 0.415 bits per heavy atom. The van der Waals surface area contributed by atoms with E-state index in [-0.39, 0.29) is 39.5 Å². The first-order chi connectivity index (χ1) is 30.4. The van der Waals surface area contributed by atoms with Crippen molar-refractivity contribution in [2.45, 2.75) is 317 Å². The quantitative estimate of drug-likeness (QED) is 0.0448. The first-order valence-corrected chi connectivity index (χ1v) is 32.2. The number of hydrogen-bond acceptors (Lipinski definition) is 7. The Balaban J connectivity index is -0.00000141. The maximum Gasteiger partial charge on any atom is 0.373 e. The van der Waals surface area contributed by atoms with Crippen LogP contribution in [0.25, 0.3) is 0 Å². The molecule has 0 saturated heterocycles. The summed E-state index contributed by atoms with van der Waals surface area (Å²) in [5.74, 6) is -1.66. The molecule has 0 heterocycles. The summed E-state index contributed by atoms with van der Waals surface area (Å²) in [7, 11) is -4.00. The van der Waals surface area contributed by atoms with Crippen LogP contribution in [0.5, 0.6) is 0 Å². The fourth-order valence-corrected chi connectivity index (χ4v) is 19.8. The second-order valence-corrected chi connectivity index (χ2v) is 28.0. The minimum Gasteiger partial charge on any atom is -0.481 e. The lowest BCUT2D eigenvalue weighted by Crippen LogP contribution is -2.48. The summed E-state index contributed by atoms with van der Waals surface area (Å²) in [6.45, 7) is 11.4. The molecule has 0 spiro atoms. The summed E-state index contributed by atoms with van der Waals surface area (Å²) < 4.78 is 7.56. The molecule has 0 saturated carbocycles. The molecule has 0 fully saturated rings. The van der Waals surface area contributed by atoms with Gasteiger partial charge in [0.05, 0.1) is 5.92 Å². The molecule has 9 nitrogen and oxygen atoms in total. The summed E-state index contributed by atoms with van der Waals surface area (Å²) >= 11 is 0. The van der Waals surface area contributed by atoms with Crippen molar-refractivity contribution in [3.8, 4) is 0 Å². The van der Waals surface area contributed by atoms with Crippen molar-refractivity contribution in [2.75, 3.05) is 0 Å². The number of carbonyl (C=O) groups is 2. The molecule has 0 aliphatic heterocycles. The smallest absolute Gasteiger partial charge is 0.373 e. The van der Waals surface area contributed by atoms with Crippen molar-refractivity contribution in [1.82, 2.24) is 0 Å². The molecule has 65 heavy (non-hydrogen) atoms. The standard InChI is InChI=1S/C50H102O5Si2.2CO2.2CH4/c1-6-8-10-12-14-16-18-20-22-24-26-28-30-32-34-38-44-56(4,46-40-36-37-43-49(51)52)55-57(5,47-41-42-48(3)50(53)54)45-39-35-33-31-29-27-25-23-21-19-17-15-13-11-9-7-2;2*2-1-3;;/h48H,6-47H2,1-5H3,(H,51,52)(H,53,54);;;2*1H4. The Hall–Kier alpha value is -1.91. The lowest BCUT2D eigenvalue weighted by molar-refractivity contribution is -0.193. The van der Waals surface area contributed by atoms with Crippen molar-refractivity contribution >= 4 is 40.9 Å². The molecule has 0 aromatic carbocycles. The van der Waals surface area contributed by atoms with Crippen molar-refractivity contribution in [3.63, 3.8) is 0 Å². The van der Waals surface area contributed by atoms with Crippen LogP contribution in [-0.4, -0.2) is 51.1 Å². The summed E-state index contributed by atoms with van der Waals surface area (Å²) in [6.07, 6.45) is 49.6. The van der Waals surface area contributed by atoms with Gasteiger partial charge in [0.1, 0.15) is 0 Å². The third kappa shape index (κ3) is 58.2. The number of carboxylic acids is 2. The van der Waals surface area contributed by atoms with Crippen LogP contribution in [-0.2, 0) is 32.9 Å².